The number of hydrogen-bond donors (Lipinski definition) is 3. The molecule has 2 atom stereocenters. The second-order valence-electron chi connectivity index (χ2n) is 4.94. The Balaban J connectivity index is 2.32. The number of aromatic nitrogens is 2. The highest BCUT2D eigenvalue weighted by atomic mass is 16.5. The average Bonchev–Trinajstić information content (AvgIpc) is 2.78. The molecule has 108 valence electrons. The zero-order chi connectivity index (χ0) is 14.5. The van der Waals surface area contributed by atoms with Crippen molar-refractivity contribution in [3.63, 3.8) is 0 Å². The van der Waals surface area contributed by atoms with Gasteiger partial charge in [0.1, 0.15) is 0 Å². The van der Waals surface area contributed by atoms with E-state index in [1.807, 2.05) is 13.8 Å². The lowest BCUT2D eigenvalue weighted by molar-refractivity contribution is 0.00789. The zero-order valence-corrected chi connectivity index (χ0v) is 11.9. The van der Waals surface area contributed by atoms with Crippen molar-refractivity contribution in [2.45, 2.75) is 46.3 Å². The van der Waals surface area contributed by atoms with Gasteiger partial charge in [0.15, 0.2) is 5.82 Å². The normalized spacial score (nSPS) is 15.6. The standard InChI is InChI=1S/C12H22N4O3/c1-5-8(2)12(4,18)7-14-11(17)13-6-10-15-9(3)16-19-10/h8,18H,5-7H2,1-4H3,(H2,13,14,17). The van der Waals surface area contributed by atoms with Gasteiger partial charge in [-0.05, 0) is 19.8 Å². The van der Waals surface area contributed by atoms with Crippen LogP contribution in [0, 0.1) is 12.8 Å². The first-order valence-corrected chi connectivity index (χ1v) is 6.38. The van der Waals surface area contributed by atoms with Crippen LogP contribution in [-0.2, 0) is 6.54 Å². The molecule has 0 spiro atoms. The number of carbonyl (C=O) groups excluding carboxylic acids is 1. The van der Waals surface area contributed by atoms with Gasteiger partial charge in [-0.25, -0.2) is 4.79 Å². The first-order valence-electron chi connectivity index (χ1n) is 6.38. The molecule has 0 aromatic carbocycles. The number of carbonyl (C=O) groups is 1. The Morgan fingerprint density at radius 3 is 2.74 bits per heavy atom. The minimum atomic E-state index is -0.923. The number of urea groups is 1. The summed E-state index contributed by atoms with van der Waals surface area (Å²) in [5, 5.41) is 19.0. The molecular weight excluding hydrogens is 248 g/mol. The molecule has 0 saturated carbocycles. The summed E-state index contributed by atoms with van der Waals surface area (Å²) in [6.07, 6.45) is 0.845. The van der Waals surface area contributed by atoms with Crippen LogP contribution in [-0.4, -0.2) is 33.4 Å². The second-order valence-corrected chi connectivity index (χ2v) is 4.94. The van der Waals surface area contributed by atoms with Crippen molar-refractivity contribution < 1.29 is 14.4 Å². The molecule has 1 rings (SSSR count). The fourth-order valence-corrected chi connectivity index (χ4v) is 1.50. The summed E-state index contributed by atoms with van der Waals surface area (Å²) in [6, 6.07) is -0.376. The molecule has 0 saturated heterocycles. The third-order valence-electron chi connectivity index (χ3n) is 3.25. The van der Waals surface area contributed by atoms with Gasteiger partial charge in [-0.2, -0.15) is 4.98 Å². The van der Waals surface area contributed by atoms with Gasteiger partial charge < -0.3 is 20.3 Å². The van der Waals surface area contributed by atoms with Gasteiger partial charge in [-0.15, -0.1) is 0 Å². The maximum Gasteiger partial charge on any atom is 0.315 e. The number of nitrogens with one attached hydrogen (secondary N) is 2. The Kier molecular flexibility index (Phi) is 5.29. The van der Waals surface area contributed by atoms with Crippen molar-refractivity contribution in [3.05, 3.63) is 11.7 Å². The van der Waals surface area contributed by atoms with E-state index in [1.54, 1.807) is 13.8 Å². The summed E-state index contributed by atoms with van der Waals surface area (Å²) in [7, 11) is 0. The maximum atomic E-state index is 11.6. The van der Waals surface area contributed by atoms with Crippen LogP contribution < -0.4 is 10.6 Å². The summed E-state index contributed by atoms with van der Waals surface area (Å²) < 4.78 is 4.86. The lowest BCUT2D eigenvalue weighted by atomic mass is 9.89. The molecule has 7 heteroatoms. The Labute approximate surface area is 112 Å². The van der Waals surface area contributed by atoms with Crippen molar-refractivity contribution >= 4 is 6.03 Å². The van der Waals surface area contributed by atoms with Crippen LogP contribution in [0.4, 0.5) is 4.79 Å². The van der Waals surface area contributed by atoms with Crippen LogP contribution in [0.3, 0.4) is 0 Å². The van der Waals surface area contributed by atoms with Crippen molar-refractivity contribution in [2.24, 2.45) is 5.92 Å². The van der Waals surface area contributed by atoms with Crippen molar-refractivity contribution in [1.82, 2.24) is 20.8 Å². The van der Waals surface area contributed by atoms with Crippen LogP contribution in [0.15, 0.2) is 4.52 Å². The SMILES string of the molecule is CCC(C)C(C)(O)CNC(=O)NCc1nc(C)no1. The van der Waals surface area contributed by atoms with E-state index in [0.717, 1.165) is 6.42 Å². The second kappa shape index (κ2) is 6.51. The molecule has 2 unspecified atom stereocenters. The van der Waals surface area contributed by atoms with E-state index in [0.29, 0.717) is 11.7 Å². The minimum absolute atomic E-state index is 0.103. The summed E-state index contributed by atoms with van der Waals surface area (Å²) in [4.78, 5) is 15.5. The first-order chi connectivity index (χ1) is 8.85. The molecule has 0 fully saturated rings. The molecule has 3 N–H and O–H groups in total. The molecule has 0 radical (unpaired) electrons. The van der Waals surface area contributed by atoms with Gasteiger partial charge in [-0.1, -0.05) is 25.4 Å². The van der Waals surface area contributed by atoms with E-state index in [4.69, 9.17) is 4.52 Å². The van der Waals surface area contributed by atoms with E-state index >= 15 is 0 Å². The van der Waals surface area contributed by atoms with E-state index in [1.165, 1.54) is 0 Å². The van der Waals surface area contributed by atoms with E-state index in [2.05, 4.69) is 20.8 Å². The van der Waals surface area contributed by atoms with Crippen LogP contribution in [0.5, 0.6) is 0 Å². The predicted octanol–water partition coefficient (Wildman–Crippen LogP) is 0.974. The van der Waals surface area contributed by atoms with Crippen molar-refractivity contribution in [2.75, 3.05) is 6.54 Å². The Hall–Kier alpha value is -1.63. The quantitative estimate of drug-likeness (QED) is 0.715. The Bertz CT molecular complexity index is 417. The van der Waals surface area contributed by atoms with Gasteiger partial charge in [0.2, 0.25) is 5.89 Å². The zero-order valence-electron chi connectivity index (χ0n) is 11.9. The molecule has 19 heavy (non-hydrogen) atoms. The fraction of sp³-hybridized carbons (Fsp3) is 0.750. The number of amides is 2. The van der Waals surface area contributed by atoms with Crippen LogP contribution >= 0.6 is 0 Å². The number of aryl methyl sites for hydroxylation is 1. The van der Waals surface area contributed by atoms with Gasteiger partial charge in [-0.3, -0.25) is 0 Å². The Morgan fingerprint density at radius 2 is 2.21 bits per heavy atom. The summed E-state index contributed by atoms with van der Waals surface area (Å²) in [5.74, 6) is 0.977. The average molecular weight is 270 g/mol. The van der Waals surface area contributed by atoms with Gasteiger partial charge in [0.25, 0.3) is 0 Å². The lowest BCUT2D eigenvalue weighted by Gasteiger charge is -2.29. The molecule has 7 nitrogen and oxygen atoms in total. The number of aliphatic hydroxyl groups is 1. The number of rotatable bonds is 6. The molecule has 0 bridgehead atoms. The minimum Gasteiger partial charge on any atom is -0.388 e. The predicted molar refractivity (Wildman–Crippen MR) is 69.4 cm³/mol. The number of nitrogens with zero attached hydrogens (tertiary/aromatic N) is 2. The highest BCUT2D eigenvalue weighted by Crippen LogP contribution is 2.18. The molecule has 1 aromatic rings. The summed E-state index contributed by atoms with van der Waals surface area (Å²) >= 11 is 0. The van der Waals surface area contributed by atoms with Gasteiger partial charge in [0, 0.05) is 6.54 Å². The largest absolute Gasteiger partial charge is 0.388 e. The number of hydrogen-bond acceptors (Lipinski definition) is 5. The van der Waals surface area contributed by atoms with E-state index in [9.17, 15) is 9.90 Å². The molecule has 0 aliphatic heterocycles. The van der Waals surface area contributed by atoms with Gasteiger partial charge in [0.05, 0.1) is 12.1 Å². The third-order valence-corrected chi connectivity index (χ3v) is 3.25. The monoisotopic (exact) mass is 270 g/mol. The Morgan fingerprint density at radius 1 is 1.53 bits per heavy atom. The van der Waals surface area contributed by atoms with E-state index < -0.39 is 5.60 Å². The summed E-state index contributed by atoms with van der Waals surface area (Å²) in [6.45, 7) is 7.71. The molecule has 0 aliphatic rings. The van der Waals surface area contributed by atoms with Crippen molar-refractivity contribution in [1.29, 1.82) is 0 Å². The maximum absolute atomic E-state index is 11.6. The van der Waals surface area contributed by atoms with Crippen molar-refractivity contribution in [3.8, 4) is 0 Å². The smallest absolute Gasteiger partial charge is 0.315 e. The molecule has 1 heterocycles. The topological polar surface area (TPSA) is 100 Å². The highest BCUT2D eigenvalue weighted by Gasteiger charge is 2.27. The lowest BCUT2D eigenvalue weighted by Crippen LogP contribution is -2.47. The molecular formula is C12H22N4O3. The highest BCUT2D eigenvalue weighted by molar-refractivity contribution is 5.73. The van der Waals surface area contributed by atoms with Gasteiger partial charge >= 0.3 is 6.03 Å². The molecule has 0 aliphatic carbocycles. The van der Waals surface area contributed by atoms with Crippen LogP contribution in [0.1, 0.15) is 38.9 Å². The molecule has 1 aromatic heterocycles. The van der Waals surface area contributed by atoms with E-state index in [-0.39, 0.29) is 25.0 Å². The molecule has 2 amide bonds. The summed E-state index contributed by atoms with van der Waals surface area (Å²) in [5.41, 5.74) is -0.923. The van der Waals surface area contributed by atoms with Crippen LogP contribution in [0.2, 0.25) is 0 Å². The third kappa shape index (κ3) is 4.86. The first kappa shape index (κ1) is 15.4. The van der Waals surface area contributed by atoms with Crippen LogP contribution in [0.25, 0.3) is 0 Å². The fourth-order valence-electron chi connectivity index (χ4n) is 1.50.